The van der Waals surface area contributed by atoms with Crippen LogP contribution < -0.4 is 4.74 Å². The van der Waals surface area contributed by atoms with Gasteiger partial charge in [0.25, 0.3) is 5.69 Å². The number of nitro groups is 1. The van der Waals surface area contributed by atoms with Crippen LogP contribution in [0.5, 0.6) is 5.75 Å². The van der Waals surface area contributed by atoms with E-state index in [4.69, 9.17) is 4.74 Å². The minimum Gasteiger partial charge on any atom is -0.493 e. The summed E-state index contributed by atoms with van der Waals surface area (Å²) in [6, 6.07) is 6.37. The van der Waals surface area contributed by atoms with Crippen LogP contribution >= 0.6 is 11.3 Å². The fourth-order valence-electron chi connectivity index (χ4n) is 2.04. The smallest absolute Gasteiger partial charge is 0.270 e. The van der Waals surface area contributed by atoms with Crippen LogP contribution in [0.15, 0.2) is 36.0 Å². The highest BCUT2D eigenvalue weighted by Gasteiger charge is 2.13. The van der Waals surface area contributed by atoms with Gasteiger partial charge in [0.1, 0.15) is 5.75 Å². The molecule has 0 saturated carbocycles. The van der Waals surface area contributed by atoms with Crippen LogP contribution in [0.1, 0.15) is 6.92 Å². The van der Waals surface area contributed by atoms with Crippen molar-refractivity contribution in [1.82, 2.24) is 9.97 Å². The second-order valence-electron chi connectivity index (χ2n) is 4.26. The zero-order valence-electron chi connectivity index (χ0n) is 11.1. The van der Waals surface area contributed by atoms with Crippen LogP contribution in [0.25, 0.3) is 21.5 Å². The number of rotatable bonds is 4. The summed E-state index contributed by atoms with van der Waals surface area (Å²) in [5, 5.41) is 11.5. The highest BCUT2D eigenvalue weighted by molar-refractivity contribution is 7.13. The molecular weight excluding hydrogens is 290 g/mol. The maximum absolute atomic E-state index is 10.9. The van der Waals surface area contributed by atoms with Crippen molar-refractivity contribution in [3.8, 4) is 16.3 Å². The molecule has 7 heteroatoms. The van der Waals surface area contributed by atoms with Gasteiger partial charge in [0.15, 0.2) is 0 Å². The maximum atomic E-state index is 10.9. The lowest BCUT2D eigenvalue weighted by Crippen LogP contribution is -1.96. The Labute approximate surface area is 124 Å². The van der Waals surface area contributed by atoms with E-state index in [0.717, 1.165) is 10.6 Å². The van der Waals surface area contributed by atoms with Crippen LogP contribution in [0.4, 0.5) is 5.69 Å². The van der Waals surface area contributed by atoms with Gasteiger partial charge in [-0.15, -0.1) is 11.3 Å². The molecule has 0 fully saturated rings. The summed E-state index contributed by atoms with van der Waals surface area (Å²) < 4.78 is 5.61. The molecule has 0 amide bonds. The number of ether oxygens (including phenoxy) is 1. The van der Waals surface area contributed by atoms with Gasteiger partial charge in [-0.05, 0) is 13.0 Å². The van der Waals surface area contributed by atoms with Crippen molar-refractivity contribution >= 4 is 27.9 Å². The third-order valence-corrected chi connectivity index (χ3v) is 3.75. The quantitative estimate of drug-likeness (QED) is 0.542. The SMILES string of the molecule is CCOc1cc(-c2cncs2)nc2ccc([N+](=O)[O-])cc12. The van der Waals surface area contributed by atoms with Crippen LogP contribution in [0.2, 0.25) is 0 Å². The average Bonchev–Trinajstić information content (AvgIpc) is 3.01. The number of nitrogens with zero attached hydrogens (tertiary/aromatic N) is 3. The van der Waals surface area contributed by atoms with Gasteiger partial charge in [-0.25, -0.2) is 4.98 Å². The molecule has 0 aliphatic heterocycles. The zero-order valence-corrected chi connectivity index (χ0v) is 12.0. The van der Waals surface area contributed by atoms with E-state index >= 15 is 0 Å². The first-order valence-corrected chi connectivity index (χ1v) is 7.18. The first-order valence-electron chi connectivity index (χ1n) is 6.30. The van der Waals surface area contributed by atoms with Gasteiger partial charge < -0.3 is 4.74 Å². The predicted octanol–water partition coefficient (Wildman–Crippen LogP) is 3.67. The van der Waals surface area contributed by atoms with Gasteiger partial charge in [-0.3, -0.25) is 15.1 Å². The topological polar surface area (TPSA) is 78.2 Å². The van der Waals surface area contributed by atoms with Crippen molar-refractivity contribution in [3.05, 3.63) is 46.1 Å². The van der Waals surface area contributed by atoms with E-state index in [1.54, 1.807) is 23.8 Å². The number of nitro benzene ring substituents is 1. The Morgan fingerprint density at radius 3 is 2.90 bits per heavy atom. The first kappa shape index (κ1) is 13.4. The summed E-state index contributed by atoms with van der Waals surface area (Å²) >= 11 is 1.48. The Morgan fingerprint density at radius 2 is 2.24 bits per heavy atom. The van der Waals surface area contributed by atoms with Crippen molar-refractivity contribution in [2.24, 2.45) is 0 Å². The van der Waals surface area contributed by atoms with Crippen LogP contribution in [0, 0.1) is 10.1 Å². The summed E-state index contributed by atoms with van der Waals surface area (Å²) in [5.74, 6) is 0.592. The van der Waals surface area contributed by atoms with Crippen LogP contribution in [-0.4, -0.2) is 21.5 Å². The van der Waals surface area contributed by atoms with Gasteiger partial charge in [0.2, 0.25) is 0 Å². The molecule has 0 radical (unpaired) electrons. The van der Waals surface area contributed by atoms with E-state index in [0.29, 0.717) is 23.3 Å². The molecule has 0 saturated heterocycles. The van der Waals surface area contributed by atoms with Crippen molar-refractivity contribution in [2.45, 2.75) is 6.92 Å². The molecule has 3 aromatic rings. The van der Waals surface area contributed by atoms with E-state index in [1.165, 1.54) is 23.5 Å². The molecule has 2 aromatic heterocycles. The van der Waals surface area contributed by atoms with E-state index in [9.17, 15) is 10.1 Å². The van der Waals surface area contributed by atoms with Crippen molar-refractivity contribution < 1.29 is 9.66 Å². The Kier molecular flexibility index (Phi) is 3.49. The minimum absolute atomic E-state index is 0.0239. The Balaban J connectivity index is 2.23. The normalized spacial score (nSPS) is 10.7. The molecular formula is C14H11N3O3S. The second-order valence-corrected chi connectivity index (χ2v) is 5.15. The first-order chi connectivity index (χ1) is 10.2. The molecule has 1 aromatic carbocycles. The minimum atomic E-state index is -0.424. The van der Waals surface area contributed by atoms with E-state index in [2.05, 4.69) is 9.97 Å². The summed E-state index contributed by atoms with van der Waals surface area (Å²) in [6.07, 6.45) is 1.74. The highest BCUT2D eigenvalue weighted by Crippen LogP contribution is 2.33. The summed E-state index contributed by atoms with van der Waals surface area (Å²) in [6.45, 7) is 2.35. The van der Waals surface area contributed by atoms with Gasteiger partial charge >= 0.3 is 0 Å². The second kappa shape index (κ2) is 5.45. The Bertz CT molecular complexity index is 803. The summed E-state index contributed by atoms with van der Waals surface area (Å²) in [7, 11) is 0. The largest absolute Gasteiger partial charge is 0.493 e. The number of benzene rings is 1. The highest BCUT2D eigenvalue weighted by atomic mass is 32.1. The lowest BCUT2D eigenvalue weighted by atomic mass is 10.1. The standard InChI is InChI=1S/C14H11N3O3S/c1-2-20-13-6-12(14-7-15-8-21-14)16-11-4-3-9(17(18)19)5-10(11)13/h3-8H,2H2,1H3. The maximum Gasteiger partial charge on any atom is 0.270 e. The zero-order chi connectivity index (χ0) is 14.8. The molecule has 3 rings (SSSR count). The van der Waals surface area contributed by atoms with Crippen molar-refractivity contribution in [3.63, 3.8) is 0 Å². The Morgan fingerprint density at radius 1 is 1.38 bits per heavy atom. The van der Waals surface area contributed by atoms with Crippen LogP contribution in [-0.2, 0) is 0 Å². The number of pyridine rings is 1. The number of thiazole rings is 1. The van der Waals surface area contributed by atoms with Crippen LogP contribution in [0.3, 0.4) is 0 Å². The average molecular weight is 301 g/mol. The fraction of sp³-hybridized carbons (Fsp3) is 0.143. The lowest BCUT2D eigenvalue weighted by molar-refractivity contribution is -0.384. The monoisotopic (exact) mass is 301 g/mol. The van der Waals surface area contributed by atoms with Gasteiger partial charge in [-0.1, -0.05) is 0 Å². The van der Waals surface area contributed by atoms with E-state index in [-0.39, 0.29) is 5.69 Å². The van der Waals surface area contributed by atoms with Gasteiger partial charge in [-0.2, -0.15) is 0 Å². The number of aromatic nitrogens is 2. The van der Waals surface area contributed by atoms with Crippen molar-refractivity contribution in [1.29, 1.82) is 0 Å². The molecule has 2 heterocycles. The molecule has 0 N–H and O–H groups in total. The molecule has 0 unspecified atom stereocenters. The molecule has 6 nitrogen and oxygen atoms in total. The molecule has 21 heavy (non-hydrogen) atoms. The summed E-state index contributed by atoms with van der Waals surface area (Å²) in [4.78, 5) is 20.0. The molecule has 0 spiro atoms. The molecule has 106 valence electrons. The van der Waals surface area contributed by atoms with Gasteiger partial charge in [0.05, 0.1) is 33.1 Å². The third kappa shape index (κ3) is 2.55. The summed E-state index contributed by atoms with van der Waals surface area (Å²) in [5.41, 5.74) is 3.17. The van der Waals surface area contributed by atoms with Crippen molar-refractivity contribution in [2.75, 3.05) is 6.61 Å². The Hall–Kier alpha value is -2.54. The van der Waals surface area contributed by atoms with E-state index in [1.807, 2.05) is 6.92 Å². The number of hydrogen-bond donors (Lipinski definition) is 0. The lowest BCUT2D eigenvalue weighted by Gasteiger charge is -2.09. The number of hydrogen-bond acceptors (Lipinski definition) is 6. The number of fused-ring (bicyclic) bond motifs is 1. The fourth-order valence-corrected chi connectivity index (χ4v) is 2.62. The predicted molar refractivity (Wildman–Crippen MR) is 80.7 cm³/mol. The molecule has 0 bridgehead atoms. The molecule has 0 aliphatic rings. The third-order valence-electron chi connectivity index (χ3n) is 2.95. The molecule has 0 aliphatic carbocycles. The van der Waals surface area contributed by atoms with E-state index < -0.39 is 4.92 Å². The van der Waals surface area contributed by atoms with Gasteiger partial charge in [0, 0.05) is 29.8 Å². The molecule has 0 atom stereocenters. The number of non-ortho nitro benzene ring substituents is 1.